The van der Waals surface area contributed by atoms with Crippen LogP contribution in [0.25, 0.3) is 0 Å². The number of aliphatic hydroxyl groups excluding tert-OH is 1. The maximum Gasteiger partial charge on any atom is 0.270 e. The smallest absolute Gasteiger partial charge is 0.270 e. The Morgan fingerprint density at radius 3 is 2.76 bits per heavy atom. The van der Waals surface area contributed by atoms with Gasteiger partial charge in [0.25, 0.3) is 5.91 Å². The molecule has 0 atom stereocenters. The Labute approximate surface area is 101 Å². The summed E-state index contributed by atoms with van der Waals surface area (Å²) in [5.41, 5.74) is -0.0608. The van der Waals surface area contributed by atoms with E-state index in [0.29, 0.717) is 13.0 Å². The van der Waals surface area contributed by atoms with Gasteiger partial charge in [0.15, 0.2) is 5.60 Å². The van der Waals surface area contributed by atoms with Crippen molar-refractivity contribution in [1.29, 1.82) is 0 Å². The van der Waals surface area contributed by atoms with Crippen molar-refractivity contribution in [1.82, 2.24) is 0 Å². The first kappa shape index (κ1) is 11.9. The summed E-state index contributed by atoms with van der Waals surface area (Å²) in [6.07, 6.45) is 0.566. The SMILES string of the molecule is CC1(C)Oc2ccccc2N(CCCO)C1=O. The average molecular weight is 235 g/mol. The molecular weight excluding hydrogens is 218 g/mol. The van der Waals surface area contributed by atoms with Crippen molar-refractivity contribution in [3.8, 4) is 5.75 Å². The molecule has 0 aromatic heterocycles. The molecule has 1 aliphatic heterocycles. The van der Waals surface area contributed by atoms with Gasteiger partial charge in [0.1, 0.15) is 5.75 Å². The first-order valence-corrected chi connectivity index (χ1v) is 5.77. The normalized spacial score (nSPS) is 17.6. The van der Waals surface area contributed by atoms with E-state index >= 15 is 0 Å². The molecule has 0 saturated carbocycles. The van der Waals surface area contributed by atoms with Gasteiger partial charge in [0.05, 0.1) is 5.69 Å². The molecule has 1 aliphatic rings. The van der Waals surface area contributed by atoms with Gasteiger partial charge >= 0.3 is 0 Å². The number of rotatable bonds is 3. The summed E-state index contributed by atoms with van der Waals surface area (Å²) in [7, 11) is 0. The summed E-state index contributed by atoms with van der Waals surface area (Å²) < 4.78 is 5.69. The van der Waals surface area contributed by atoms with Crippen LogP contribution in [0.1, 0.15) is 20.3 Å². The van der Waals surface area contributed by atoms with Crippen molar-refractivity contribution in [3.05, 3.63) is 24.3 Å². The van der Waals surface area contributed by atoms with Gasteiger partial charge in [-0.1, -0.05) is 12.1 Å². The van der Waals surface area contributed by atoms with Gasteiger partial charge in [-0.25, -0.2) is 0 Å². The second-order valence-electron chi connectivity index (χ2n) is 4.61. The first-order chi connectivity index (χ1) is 8.06. The van der Waals surface area contributed by atoms with Crippen LogP contribution in [0.4, 0.5) is 5.69 Å². The Morgan fingerprint density at radius 2 is 2.06 bits per heavy atom. The molecule has 0 fully saturated rings. The molecule has 0 saturated heterocycles. The van der Waals surface area contributed by atoms with Crippen molar-refractivity contribution in [2.24, 2.45) is 0 Å². The topological polar surface area (TPSA) is 49.8 Å². The number of hydrogen-bond donors (Lipinski definition) is 1. The summed E-state index contributed by atoms with van der Waals surface area (Å²) in [6, 6.07) is 7.48. The van der Waals surface area contributed by atoms with Crippen LogP contribution in [0.2, 0.25) is 0 Å². The lowest BCUT2D eigenvalue weighted by Gasteiger charge is -2.38. The molecule has 4 nitrogen and oxygen atoms in total. The molecule has 0 unspecified atom stereocenters. The van der Waals surface area contributed by atoms with Crippen LogP contribution in [-0.4, -0.2) is 29.8 Å². The molecule has 1 N–H and O–H groups in total. The Bertz CT molecular complexity index is 428. The van der Waals surface area contributed by atoms with Crippen molar-refractivity contribution in [3.63, 3.8) is 0 Å². The van der Waals surface area contributed by atoms with Crippen molar-refractivity contribution in [2.45, 2.75) is 25.9 Å². The van der Waals surface area contributed by atoms with Gasteiger partial charge in [-0.2, -0.15) is 0 Å². The third-order valence-electron chi connectivity index (χ3n) is 2.82. The second-order valence-corrected chi connectivity index (χ2v) is 4.61. The molecule has 1 aromatic rings. The van der Waals surface area contributed by atoms with Gasteiger partial charge in [-0.05, 0) is 32.4 Å². The molecule has 1 aromatic carbocycles. The summed E-state index contributed by atoms with van der Waals surface area (Å²) in [5.74, 6) is 0.652. The summed E-state index contributed by atoms with van der Waals surface area (Å²) in [4.78, 5) is 13.9. The largest absolute Gasteiger partial charge is 0.476 e. The van der Waals surface area contributed by atoms with E-state index in [1.165, 1.54) is 0 Å². The molecule has 0 bridgehead atoms. The first-order valence-electron chi connectivity index (χ1n) is 5.77. The number of ether oxygens (including phenoxy) is 1. The number of carbonyl (C=O) groups excluding carboxylic acids is 1. The number of amides is 1. The lowest BCUT2D eigenvalue weighted by atomic mass is 10.0. The van der Waals surface area contributed by atoms with Crippen LogP contribution in [-0.2, 0) is 4.79 Å². The summed E-state index contributed by atoms with van der Waals surface area (Å²) in [6.45, 7) is 4.11. The molecule has 17 heavy (non-hydrogen) atoms. The summed E-state index contributed by atoms with van der Waals surface area (Å²) in [5, 5.41) is 8.89. The van der Waals surface area contributed by atoms with E-state index in [1.54, 1.807) is 18.7 Å². The van der Waals surface area contributed by atoms with E-state index in [1.807, 2.05) is 24.3 Å². The monoisotopic (exact) mass is 235 g/mol. The van der Waals surface area contributed by atoms with E-state index < -0.39 is 5.60 Å². The minimum absolute atomic E-state index is 0.0651. The van der Waals surface area contributed by atoms with Crippen LogP contribution in [0, 0.1) is 0 Å². The molecule has 2 rings (SSSR count). The predicted molar refractivity (Wildman–Crippen MR) is 65.2 cm³/mol. The third-order valence-corrected chi connectivity index (χ3v) is 2.82. The van der Waals surface area contributed by atoms with E-state index in [4.69, 9.17) is 9.84 Å². The van der Waals surface area contributed by atoms with Gasteiger partial charge in [-0.15, -0.1) is 0 Å². The van der Waals surface area contributed by atoms with E-state index in [0.717, 1.165) is 11.4 Å². The van der Waals surface area contributed by atoms with E-state index in [9.17, 15) is 4.79 Å². The molecule has 92 valence electrons. The van der Waals surface area contributed by atoms with Gasteiger partial charge in [-0.3, -0.25) is 4.79 Å². The number of aliphatic hydroxyl groups is 1. The number of para-hydroxylation sites is 2. The molecule has 4 heteroatoms. The Hall–Kier alpha value is -1.55. The van der Waals surface area contributed by atoms with Crippen molar-refractivity contribution in [2.75, 3.05) is 18.1 Å². The quantitative estimate of drug-likeness (QED) is 0.865. The Kier molecular flexibility index (Phi) is 3.07. The fraction of sp³-hybridized carbons (Fsp3) is 0.462. The zero-order valence-electron chi connectivity index (χ0n) is 10.1. The molecule has 0 spiro atoms. The molecule has 1 heterocycles. The van der Waals surface area contributed by atoms with Crippen molar-refractivity contribution < 1.29 is 14.6 Å². The summed E-state index contributed by atoms with van der Waals surface area (Å²) >= 11 is 0. The fourth-order valence-electron chi connectivity index (χ4n) is 1.97. The second kappa shape index (κ2) is 4.37. The van der Waals surface area contributed by atoms with E-state index in [-0.39, 0.29) is 12.5 Å². The molecular formula is C13H17NO3. The van der Waals surface area contributed by atoms with Crippen LogP contribution in [0.15, 0.2) is 24.3 Å². The number of anilines is 1. The van der Waals surface area contributed by atoms with Crippen LogP contribution >= 0.6 is 0 Å². The zero-order valence-corrected chi connectivity index (χ0v) is 10.1. The number of fused-ring (bicyclic) bond motifs is 1. The highest BCUT2D eigenvalue weighted by Gasteiger charge is 2.40. The van der Waals surface area contributed by atoms with Gasteiger partial charge < -0.3 is 14.7 Å². The van der Waals surface area contributed by atoms with Gasteiger partial charge in [0.2, 0.25) is 0 Å². The van der Waals surface area contributed by atoms with Crippen molar-refractivity contribution >= 4 is 11.6 Å². The Morgan fingerprint density at radius 1 is 1.35 bits per heavy atom. The fourth-order valence-corrected chi connectivity index (χ4v) is 1.97. The molecule has 0 aliphatic carbocycles. The minimum Gasteiger partial charge on any atom is -0.476 e. The number of nitrogens with zero attached hydrogens (tertiary/aromatic N) is 1. The highest BCUT2D eigenvalue weighted by atomic mass is 16.5. The van der Waals surface area contributed by atoms with Gasteiger partial charge in [0, 0.05) is 13.2 Å². The van der Waals surface area contributed by atoms with Crippen LogP contribution < -0.4 is 9.64 Å². The lowest BCUT2D eigenvalue weighted by Crippen LogP contribution is -2.52. The van der Waals surface area contributed by atoms with E-state index in [2.05, 4.69) is 0 Å². The number of carbonyl (C=O) groups is 1. The Balaban J connectivity index is 2.38. The van der Waals surface area contributed by atoms with Crippen LogP contribution in [0.5, 0.6) is 5.75 Å². The molecule has 0 radical (unpaired) electrons. The lowest BCUT2D eigenvalue weighted by molar-refractivity contribution is -0.132. The number of hydrogen-bond acceptors (Lipinski definition) is 3. The predicted octanol–water partition coefficient (Wildman–Crippen LogP) is 1.57. The maximum absolute atomic E-state index is 12.2. The zero-order chi connectivity index (χ0) is 12.5. The number of benzene rings is 1. The average Bonchev–Trinajstić information content (AvgIpc) is 2.29. The third kappa shape index (κ3) is 2.13. The maximum atomic E-state index is 12.2. The molecule has 1 amide bonds. The standard InChI is InChI=1S/C13H17NO3/c1-13(2)12(16)14(8-5-9-15)10-6-3-4-7-11(10)17-13/h3-4,6-7,15H,5,8-9H2,1-2H3. The highest BCUT2D eigenvalue weighted by Crippen LogP contribution is 2.37. The minimum atomic E-state index is -0.843. The highest BCUT2D eigenvalue weighted by molar-refractivity contribution is 6.02. The van der Waals surface area contributed by atoms with Crippen LogP contribution in [0.3, 0.4) is 0 Å².